The van der Waals surface area contributed by atoms with Gasteiger partial charge in [-0.2, -0.15) is 0 Å². The van der Waals surface area contributed by atoms with E-state index in [9.17, 15) is 0 Å². The number of pyridine rings is 1. The molecule has 3 heteroatoms. The van der Waals surface area contributed by atoms with Crippen molar-refractivity contribution in [3.05, 3.63) is 53.3 Å². The lowest BCUT2D eigenvalue weighted by molar-refractivity contribution is 1.09. The molecular formula is C14H17N3. The molecule has 17 heavy (non-hydrogen) atoms. The summed E-state index contributed by atoms with van der Waals surface area (Å²) in [5.41, 5.74) is 11.3. The van der Waals surface area contributed by atoms with Gasteiger partial charge in [0.05, 0.1) is 11.4 Å². The molecule has 3 nitrogen and oxygen atoms in total. The molecule has 1 heterocycles. The summed E-state index contributed by atoms with van der Waals surface area (Å²) in [6.07, 6.45) is 3.68. The van der Waals surface area contributed by atoms with Crippen LogP contribution < -0.4 is 11.1 Å². The Balaban J connectivity index is 2.16. The van der Waals surface area contributed by atoms with Gasteiger partial charge in [-0.25, -0.2) is 0 Å². The molecule has 0 radical (unpaired) electrons. The van der Waals surface area contributed by atoms with Crippen LogP contribution in [-0.4, -0.2) is 4.98 Å². The number of anilines is 2. The molecule has 88 valence electrons. The third-order valence-electron chi connectivity index (χ3n) is 2.90. The highest BCUT2D eigenvalue weighted by Crippen LogP contribution is 2.23. The molecule has 0 atom stereocenters. The lowest BCUT2D eigenvalue weighted by Gasteiger charge is -2.13. The second-order valence-corrected chi connectivity index (χ2v) is 4.19. The van der Waals surface area contributed by atoms with Gasteiger partial charge in [-0.3, -0.25) is 4.98 Å². The smallest absolute Gasteiger partial charge is 0.0606 e. The van der Waals surface area contributed by atoms with E-state index >= 15 is 0 Å². The molecule has 0 saturated heterocycles. The van der Waals surface area contributed by atoms with Crippen molar-refractivity contribution in [2.45, 2.75) is 20.4 Å². The van der Waals surface area contributed by atoms with E-state index in [1.165, 1.54) is 11.1 Å². The number of nitrogen functional groups attached to an aromatic ring is 1. The molecule has 3 N–H and O–H groups in total. The van der Waals surface area contributed by atoms with Gasteiger partial charge in [-0.1, -0.05) is 12.1 Å². The predicted molar refractivity (Wildman–Crippen MR) is 71.9 cm³/mol. The minimum Gasteiger partial charge on any atom is -0.397 e. The molecule has 0 saturated carbocycles. The summed E-state index contributed by atoms with van der Waals surface area (Å²) in [6, 6.07) is 7.96. The monoisotopic (exact) mass is 227 g/mol. The maximum absolute atomic E-state index is 5.95. The minimum absolute atomic E-state index is 0.767. The molecule has 2 aromatic rings. The average Bonchev–Trinajstić information content (AvgIpc) is 2.30. The van der Waals surface area contributed by atoms with E-state index in [0.717, 1.165) is 23.5 Å². The fourth-order valence-electron chi connectivity index (χ4n) is 1.82. The number of para-hydroxylation sites is 1. The Kier molecular flexibility index (Phi) is 3.28. The Morgan fingerprint density at radius 2 is 2.00 bits per heavy atom. The Hall–Kier alpha value is -2.03. The van der Waals surface area contributed by atoms with E-state index in [1.807, 2.05) is 30.6 Å². The van der Waals surface area contributed by atoms with Crippen LogP contribution in [0.15, 0.2) is 36.7 Å². The number of aromatic nitrogens is 1. The van der Waals surface area contributed by atoms with Gasteiger partial charge in [0.2, 0.25) is 0 Å². The summed E-state index contributed by atoms with van der Waals surface area (Å²) in [5.74, 6) is 0. The van der Waals surface area contributed by atoms with E-state index < -0.39 is 0 Å². The first-order chi connectivity index (χ1) is 8.18. The lowest BCUT2D eigenvalue weighted by atomic mass is 10.1. The second-order valence-electron chi connectivity index (χ2n) is 4.19. The van der Waals surface area contributed by atoms with E-state index in [2.05, 4.69) is 30.2 Å². The van der Waals surface area contributed by atoms with Gasteiger partial charge in [0.15, 0.2) is 0 Å². The molecule has 0 spiro atoms. The standard InChI is InChI=1S/C14H17N3/c1-10-4-3-5-13(15)14(10)17-9-12-6-7-16-8-11(12)2/h3-8,17H,9,15H2,1-2H3. The summed E-state index contributed by atoms with van der Waals surface area (Å²) in [6.45, 7) is 4.88. The fourth-order valence-corrected chi connectivity index (χ4v) is 1.82. The van der Waals surface area contributed by atoms with Crippen molar-refractivity contribution < 1.29 is 0 Å². The van der Waals surface area contributed by atoms with Crippen molar-refractivity contribution in [1.82, 2.24) is 4.98 Å². The molecule has 0 amide bonds. The van der Waals surface area contributed by atoms with Crippen LogP contribution in [0.3, 0.4) is 0 Å². The van der Waals surface area contributed by atoms with Crippen LogP contribution in [0.5, 0.6) is 0 Å². The van der Waals surface area contributed by atoms with E-state index in [-0.39, 0.29) is 0 Å². The van der Waals surface area contributed by atoms with E-state index in [4.69, 9.17) is 5.73 Å². The fraction of sp³-hybridized carbons (Fsp3) is 0.214. The van der Waals surface area contributed by atoms with Crippen LogP contribution in [0.4, 0.5) is 11.4 Å². The number of hydrogen-bond acceptors (Lipinski definition) is 3. The normalized spacial score (nSPS) is 10.2. The Morgan fingerprint density at radius 1 is 1.18 bits per heavy atom. The van der Waals surface area contributed by atoms with E-state index in [1.54, 1.807) is 0 Å². The van der Waals surface area contributed by atoms with Gasteiger partial charge in [0.25, 0.3) is 0 Å². The molecule has 0 aliphatic carbocycles. The van der Waals surface area contributed by atoms with Crippen LogP contribution in [0, 0.1) is 13.8 Å². The topological polar surface area (TPSA) is 50.9 Å². The first kappa shape index (κ1) is 11.5. The third kappa shape index (κ3) is 2.56. The third-order valence-corrected chi connectivity index (χ3v) is 2.90. The number of rotatable bonds is 3. The van der Waals surface area contributed by atoms with Crippen LogP contribution in [-0.2, 0) is 6.54 Å². The number of benzene rings is 1. The molecule has 0 unspecified atom stereocenters. The Labute approximate surface area is 102 Å². The van der Waals surface area contributed by atoms with Crippen LogP contribution in [0.25, 0.3) is 0 Å². The number of nitrogens with two attached hydrogens (primary N) is 1. The van der Waals surface area contributed by atoms with Gasteiger partial charge in [-0.15, -0.1) is 0 Å². The number of nitrogens with zero attached hydrogens (tertiary/aromatic N) is 1. The van der Waals surface area contributed by atoms with Gasteiger partial charge in [0.1, 0.15) is 0 Å². The maximum Gasteiger partial charge on any atom is 0.0606 e. The number of hydrogen-bond donors (Lipinski definition) is 2. The Morgan fingerprint density at radius 3 is 2.71 bits per heavy atom. The summed E-state index contributed by atoms with van der Waals surface area (Å²) in [5, 5.41) is 3.39. The van der Waals surface area contributed by atoms with Gasteiger partial charge < -0.3 is 11.1 Å². The zero-order chi connectivity index (χ0) is 12.3. The SMILES string of the molecule is Cc1cnccc1CNc1c(C)cccc1N. The van der Waals surface area contributed by atoms with E-state index in [0.29, 0.717) is 0 Å². The molecule has 0 aliphatic rings. The molecule has 2 rings (SSSR count). The van der Waals surface area contributed by atoms with Crippen molar-refractivity contribution in [3.8, 4) is 0 Å². The molecule has 0 fully saturated rings. The summed E-state index contributed by atoms with van der Waals surface area (Å²) < 4.78 is 0. The average molecular weight is 227 g/mol. The van der Waals surface area contributed by atoms with Gasteiger partial charge >= 0.3 is 0 Å². The zero-order valence-electron chi connectivity index (χ0n) is 10.2. The summed E-state index contributed by atoms with van der Waals surface area (Å²) in [4.78, 5) is 4.08. The number of aryl methyl sites for hydroxylation is 2. The highest BCUT2D eigenvalue weighted by atomic mass is 14.9. The van der Waals surface area contributed by atoms with Crippen molar-refractivity contribution >= 4 is 11.4 Å². The quantitative estimate of drug-likeness (QED) is 0.793. The molecule has 0 bridgehead atoms. The Bertz CT molecular complexity index is 500. The molecule has 1 aromatic heterocycles. The van der Waals surface area contributed by atoms with Crippen molar-refractivity contribution in [1.29, 1.82) is 0 Å². The zero-order valence-corrected chi connectivity index (χ0v) is 10.2. The van der Waals surface area contributed by atoms with Crippen LogP contribution in [0.2, 0.25) is 0 Å². The maximum atomic E-state index is 5.95. The lowest BCUT2D eigenvalue weighted by Crippen LogP contribution is -2.05. The summed E-state index contributed by atoms with van der Waals surface area (Å²) in [7, 11) is 0. The minimum atomic E-state index is 0.767. The van der Waals surface area contributed by atoms with Gasteiger partial charge in [0, 0.05) is 18.9 Å². The molecular weight excluding hydrogens is 210 g/mol. The van der Waals surface area contributed by atoms with Crippen molar-refractivity contribution in [2.75, 3.05) is 11.1 Å². The largest absolute Gasteiger partial charge is 0.397 e. The number of nitrogens with one attached hydrogen (secondary N) is 1. The van der Waals surface area contributed by atoms with Gasteiger partial charge in [-0.05, 0) is 42.7 Å². The highest BCUT2D eigenvalue weighted by molar-refractivity contribution is 5.69. The predicted octanol–water partition coefficient (Wildman–Crippen LogP) is 2.89. The van der Waals surface area contributed by atoms with Crippen LogP contribution >= 0.6 is 0 Å². The highest BCUT2D eigenvalue weighted by Gasteiger charge is 2.03. The first-order valence-electron chi connectivity index (χ1n) is 5.67. The van der Waals surface area contributed by atoms with Crippen LogP contribution in [0.1, 0.15) is 16.7 Å². The van der Waals surface area contributed by atoms with Crippen molar-refractivity contribution in [2.24, 2.45) is 0 Å². The first-order valence-corrected chi connectivity index (χ1v) is 5.67. The molecule has 0 aliphatic heterocycles. The second kappa shape index (κ2) is 4.87. The van der Waals surface area contributed by atoms with Crippen molar-refractivity contribution in [3.63, 3.8) is 0 Å². The summed E-state index contributed by atoms with van der Waals surface area (Å²) >= 11 is 0. The molecule has 1 aromatic carbocycles.